The van der Waals surface area contributed by atoms with Crippen LogP contribution in [0.4, 0.5) is 5.95 Å². The molecule has 1 fully saturated rings. The molecule has 0 amide bonds. The van der Waals surface area contributed by atoms with Crippen LogP contribution < -0.4 is 15.9 Å². The quantitative estimate of drug-likeness (QED) is 0.269. The summed E-state index contributed by atoms with van der Waals surface area (Å²) in [4.78, 5) is 27.7. The summed E-state index contributed by atoms with van der Waals surface area (Å²) in [6.07, 6.45) is -3.63. The minimum atomic E-state index is -4.27. The van der Waals surface area contributed by atoms with E-state index in [1.54, 1.807) is 7.05 Å². The molecule has 1 aliphatic heterocycles. The van der Waals surface area contributed by atoms with Gasteiger partial charge in [-0.2, -0.15) is 0 Å². The molecule has 6 N–H and O–H groups in total. The van der Waals surface area contributed by atoms with E-state index in [1.165, 1.54) is 15.5 Å². The Bertz CT molecular complexity index is 928. The van der Waals surface area contributed by atoms with Crippen LogP contribution in [0.2, 0.25) is 0 Å². The van der Waals surface area contributed by atoms with Gasteiger partial charge in [-0.25, -0.2) is 9.13 Å². The molecule has 0 radical (unpaired) electrons. The third-order valence-electron chi connectivity index (χ3n) is 4.03. The number of anilines is 1. The van der Waals surface area contributed by atoms with Crippen LogP contribution >= 0.6 is 7.82 Å². The number of hydrogen-bond acceptors (Lipinski definition) is 9. The highest BCUT2D eigenvalue weighted by atomic mass is 31.2. The fourth-order valence-electron chi connectivity index (χ4n) is 2.77. The number of nitrogens with zero attached hydrogens (tertiary/aromatic N) is 3. The number of phosphoric ester groups is 1. The van der Waals surface area contributed by atoms with E-state index in [1.807, 2.05) is 0 Å². The van der Waals surface area contributed by atoms with Gasteiger partial charge in [-0.15, -0.1) is 0 Å². The lowest BCUT2D eigenvalue weighted by atomic mass is 10.1. The average Bonchev–Trinajstić information content (AvgIpc) is 3.04. The number of nitrogen functional groups attached to an aromatic ring is 1. The van der Waals surface area contributed by atoms with Gasteiger partial charge in [0, 0.05) is 7.11 Å². The Morgan fingerprint density at radius 1 is 1.50 bits per heavy atom. The number of H-pyrrole nitrogens is 1. The Hall–Kier alpha value is -1.86. The zero-order valence-corrected chi connectivity index (χ0v) is 14.7. The first-order valence-electron chi connectivity index (χ1n) is 7.45. The summed E-state index contributed by atoms with van der Waals surface area (Å²) in [6, 6.07) is 0. The van der Waals surface area contributed by atoms with E-state index >= 15 is 0 Å². The monoisotopic (exact) mass is 392 g/mol. The maximum Gasteiger partial charge on any atom is 0.472 e. The van der Waals surface area contributed by atoms with Crippen molar-refractivity contribution < 1.29 is 38.0 Å². The summed E-state index contributed by atoms with van der Waals surface area (Å²) in [5.74, 6) is -0.128. The first kappa shape index (κ1) is 18.9. The SMILES string of the molecule is COP(=O)(O)OCC1OC([n+]2cn(C)c3c(=O)[nH]c(N)nc32)[C@H](O)[C@@H]1O. The van der Waals surface area contributed by atoms with Crippen LogP contribution in [-0.2, 0) is 25.4 Å². The number of aryl methyl sites for hydroxylation is 1. The van der Waals surface area contributed by atoms with Gasteiger partial charge < -0.3 is 25.6 Å². The molecular formula is C12H19N5O8P+. The topological polar surface area (TPSA) is 186 Å². The minimum absolute atomic E-state index is 0.128. The predicted molar refractivity (Wildman–Crippen MR) is 84.7 cm³/mol. The zero-order chi connectivity index (χ0) is 19.2. The number of fused-ring (bicyclic) bond motifs is 1. The van der Waals surface area contributed by atoms with Crippen LogP contribution in [-0.4, -0.2) is 61.7 Å². The highest BCUT2D eigenvalue weighted by molar-refractivity contribution is 7.47. The van der Waals surface area contributed by atoms with E-state index in [0.29, 0.717) is 0 Å². The molecular weight excluding hydrogens is 373 g/mol. The smallest absolute Gasteiger partial charge is 0.387 e. The average molecular weight is 392 g/mol. The first-order valence-corrected chi connectivity index (χ1v) is 8.95. The number of nitrogens with one attached hydrogen (secondary N) is 1. The Morgan fingerprint density at radius 2 is 2.19 bits per heavy atom. The lowest BCUT2D eigenvalue weighted by molar-refractivity contribution is -0.745. The number of nitrogens with two attached hydrogens (primary N) is 1. The van der Waals surface area contributed by atoms with Gasteiger partial charge >= 0.3 is 13.5 Å². The van der Waals surface area contributed by atoms with Gasteiger partial charge in [-0.05, 0) is 0 Å². The van der Waals surface area contributed by atoms with E-state index in [0.717, 1.165) is 7.11 Å². The van der Waals surface area contributed by atoms with Crippen molar-refractivity contribution in [2.75, 3.05) is 19.5 Å². The Morgan fingerprint density at radius 3 is 2.85 bits per heavy atom. The number of ether oxygens (including phenoxy) is 1. The van der Waals surface area contributed by atoms with Crippen molar-refractivity contribution in [1.29, 1.82) is 0 Å². The van der Waals surface area contributed by atoms with Gasteiger partial charge in [0.15, 0.2) is 6.33 Å². The van der Waals surface area contributed by atoms with Crippen molar-refractivity contribution in [3.8, 4) is 0 Å². The fourth-order valence-corrected chi connectivity index (χ4v) is 3.21. The van der Waals surface area contributed by atoms with Gasteiger partial charge in [0.2, 0.25) is 11.7 Å². The lowest BCUT2D eigenvalue weighted by Gasteiger charge is -2.15. The van der Waals surface area contributed by atoms with Gasteiger partial charge in [-0.1, -0.05) is 4.98 Å². The summed E-state index contributed by atoms with van der Waals surface area (Å²) in [5.41, 5.74) is 5.40. The van der Waals surface area contributed by atoms with Crippen molar-refractivity contribution in [2.24, 2.45) is 7.05 Å². The maximum absolute atomic E-state index is 12.0. The van der Waals surface area contributed by atoms with Crippen LogP contribution in [0.3, 0.4) is 0 Å². The number of rotatable bonds is 5. The molecule has 13 nitrogen and oxygen atoms in total. The number of aromatic amines is 1. The molecule has 26 heavy (non-hydrogen) atoms. The zero-order valence-electron chi connectivity index (χ0n) is 13.8. The van der Waals surface area contributed by atoms with Crippen molar-refractivity contribution >= 4 is 24.9 Å². The highest BCUT2D eigenvalue weighted by Crippen LogP contribution is 2.43. The molecule has 144 valence electrons. The summed E-state index contributed by atoms with van der Waals surface area (Å²) >= 11 is 0. The van der Waals surface area contributed by atoms with Crippen LogP contribution in [0.15, 0.2) is 11.1 Å². The van der Waals surface area contributed by atoms with Crippen molar-refractivity contribution in [1.82, 2.24) is 14.5 Å². The van der Waals surface area contributed by atoms with Gasteiger partial charge in [0.1, 0.15) is 18.3 Å². The normalized spacial score (nSPS) is 28.5. The van der Waals surface area contributed by atoms with E-state index < -0.39 is 44.5 Å². The highest BCUT2D eigenvalue weighted by Gasteiger charge is 2.47. The molecule has 0 aliphatic carbocycles. The lowest BCUT2D eigenvalue weighted by Crippen LogP contribution is -2.46. The first-order chi connectivity index (χ1) is 12.1. The van der Waals surface area contributed by atoms with E-state index in [2.05, 4.69) is 19.0 Å². The maximum atomic E-state index is 12.0. The van der Waals surface area contributed by atoms with E-state index in [9.17, 15) is 24.5 Å². The Labute approximate surface area is 146 Å². The van der Waals surface area contributed by atoms with Crippen molar-refractivity contribution in [3.05, 3.63) is 16.7 Å². The molecule has 0 saturated carbocycles. The molecule has 3 heterocycles. The molecule has 0 aromatic carbocycles. The molecule has 5 atom stereocenters. The number of aliphatic hydroxyl groups is 2. The fraction of sp³-hybridized carbons (Fsp3) is 0.583. The molecule has 2 aromatic rings. The van der Waals surface area contributed by atoms with Crippen LogP contribution in [0.25, 0.3) is 11.2 Å². The van der Waals surface area contributed by atoms with Crippen LogP contribution in [0, 0.1) is 0 Å². The van der Waals surface area contributed by atoms with Crippen LogP contribution in [0.1, 0.15) is 6.23 Å². The summed E-state index contributed by atoms with van der Waals surface area (Å²) in [7, 11) is -1.69. The third-order valence-corrected chi connectivity index (χ3v) is 4.97. The van der Waals surface area contributed by atoms with E-state index in [-0.39, 0.29) is 17.1 Å². The van der Waals surface area contributed by atoms with Crippen molar-refractivity contribution in [3.63, 3.8) is 0 Å². The summed E-state index contributed by atoms with van der Waals surface area (Å²) < 4.78 is 28.7. The van der Waals surface area contributed by atoms with Crippen LogP contribution in [0.5, 0.6) is 0 Å². The second-order valence-electron chi connectivity index (χ2n) is 5.75. The molecule has 1 aliphatic rings. The number of hydrogen-bond donors (Lipinski definition) is 5. The molecule has 0 bridgehead atoms. The Kier molecular flexibility index (Phi) is 4.88. The molecule has 0 spiro atoms. The number of aromatic nitrogens is 4. The van der Waals surface area contributed by atoms with Crippen molar-refractivity contribution in [2.45, 2.75) is 24.5 Å². The molecule has 1 saturated heterocycles. The second-order valence-corrected chi connectivity index (χ2v) is 7.31. The van der Waals surface area contributed by atoms with Gasteiger partial charge in [0.05, 0.1) is 13.7 Å². The molecule has 3 unspecified atom stereocenters. The second kappa shape index (κ2) is 6.70. The third kappa shape index (κ3) is 3.25. The minimum Gasteiger partial charge on any atom is -0.387 e. The molecule has 14 heteroatoms. The largest absolute Gasteiger partial charge is 0.472 e. The summed E-state index contributed by atoms with van der Waals surface area (Å²) in [5, 5.41) is 20.5. The van der Waals surface area contributed by atoms with Gasteiger partial charge in [-0.3, -0.25) is 23.4 Å². The standard InChI is InChI=1S/C12H18N5O8P/c1-16-4-17(9-6(16)10(20)15-12(13)14-9)11-8(19)7(18)5(25-11)3-24-26(21,22)23-2/h4-5,7-8,11,18-19H,3H2,1-2H3,(H3-,13,14,15,20,21,22)/p+1/t5?,7-,8-,11?/m1/s1. The number of aliphatic hydroxyl groups excluding tert-OH is 2. The van der Waals surface area contributed by atoms with E-state index in [4.69, 9.17) is 10.5 Å². The number of phosphoric acid groups is 1. The Balaban J connectivity index is 1.92. The molecule has 2 aromatic heterocycles. The predicted octanol–water partition coefficient (Wildman–Crippen LogP) is -2.49. The molecule has 3 rings (SSSR count). The van der Waals surface area contributed by atoms with Gasteiger partial charge in [0.25, 0.3) is 11.5 Å². The number of imidazole rings is 1. The summed E-state index contributed by atoms with van der Waals surface area (Å²) in [6.45, 7) is -0.502.